The number of hydrogen-bond donors (Lipinski definition) is 2. The highest BCUT2D eigenvalue weighted by Crippen LogP contribution is 2.38. The van der Waals surface area contributed by atoms with Gasteiger partial charge in [0.05, 0.1) is 5.56 Å². The van der Waals surface area contributed by atoms with Crippen LogP contribution in [-0.2, 0) is 6.42 Å². The van der Waals surface area contributed by atoms with Crippen LogP contribution in [0.15, 0.2) is 78.9 Å². The lowest BCUT2D eigenvalue weighted by molar-refractivity contribution is 0.0696. The minimum absolute atomic E-state index is 0.121. The summed E-state index contributed by atoms with van der Waals surface area (Å²) in [5.74, 6) is -0.611. The first kappa shape index (κ1) is 25.0. The molecule has 0 bridgehead atoms. The van der Waals surface area contributed by atoms with Crippen LogP contribution in [0.5, 0.6) is 0 Å². The Balaban J connectivity index is 1.27. The van der Waals surface area contributed by atoms with Crippen molar-refractivity contribution in [2.75, 3.05) is 18.0 Å². The van der Waals surface area contributed by atoms with Crippen LogP contribution in [0.1, 0.15) is 52.9 Å². The van der Waals surface area contributed by atoms with E-state index in [0.29, 0.717) is 16.9 Å². The second kappa shape index (κ2) is 10.7. The van der Waals surface area contributed by atoms with Crippen LogP contribution in [0.2, 0.25) is 0 Å². The van der Waals surface area contributed by atoms with Crippen LogP contribution < -0.4 is 10.2 Å². The van der Waals surface area contributed by atoms with Gasteiger partial charge in [-0.1, -0.05) is 54.6 Å². The number of carbonyl (C=O) groups is 1. The zero-order chi connectivity index (χ0) is 25.9. The van der Waals surface area contributed by atoms with E-state index >= 15 is 0 Å². The molecule has 2 atom stereocenters. The van der Waals surface area contributed by atoms with Gasteiger partial charge in [-0.2, -0.15) is 0 Å². The molecule has 2 N–H and O–H groups in total. The Morgan fingerprint density at radius 2 is 1.73 bits per heavy atom. The molecule has 4 aromatic rings. The fourth-order valence-corrected chi connectivity index (χ4v) is 5.73. The molecule has 0 aliphatic carbocycles. The van der Waals surface area contributed by atoms with Crippen molar-refractivity contribution in [1.29, 1.82) is 0 Å². The SMILES string of the molecule is Cc1c(C(=O)O)cccc1N1CC(CCCNC(C)c2ccc(F)c3ccccc23)Cc2ccccc21. The number of hydrogen-bond acceptors (Lipinski definition) is 3. The zero-order valence-electron chi connectivity index (χ0n) is 21.4. The Morgan fingerprint density at radius 1 is 1.00 bits per heavy atom. The van der Waals surface area contributed by atoms with Gasteiger partial charge in [0.25, 0.3) is 0 Å². The topological polar surface area (TPSA) is 52.6 Å². The largest absolute Gasteiger partial charge is 0.478 e. The molecule has 4 aromatic carbocycles. The van der Waals surface area contributed by atoms with Crippen LogP contribution in [0, 0.1) is 18.7 Å². The molecule has 190 valence electrons. The van der Waals surface area contributed by atoms with Gasteiger partial charge in [0.15, 0.2) is 0 Å². The summed E-state index contributed by atoms with van der Waals surface area (Å²) in [7, 11) is 0. The monoisotopic (exact) mass is 496 g/mol. The Kier molecular flexibility index (Phi) is 7.24. The van der Waals surface area contributed by atoms with Gasteiger partial charge in [-0.05, 0) is 91.9 Å². The number of nitrogens with zero attached hydrogens (tertiary/aromatic N) is 1. The molecule has 0 radical (unpaired) electrons. The molecule has 1 aliphatic heterocycles. The molecule has 4 nitrogen and oxygen atoms in total. The summed E-state index contributed by atoms with van der Waals surface area (Å²) >= 11 is 0. The molecule has 37 heavy (non-hydrogen) atoms. The third kappa shape index (κ3) is 5.09. The summed E-state index contributed by atoms with van der Waals surface area (Å²) in [6.07, 6.45) is 3.10. The molecule has 0 spiro atoms. The van der Waals surface area contributed by atoms with Gasteiger partial charge in [-0.3, -0.25) is 0 Å². The summed E-state index contributed by atoms with van der Waals surface area (Å²) in [5.41, 5.74) is 5.70. The quantitative estimate of drug-likeness (QED) is 0.249. The van der Waals surface area contributed by atoms with Gasteiger partial charge >= 0.3 is 5.97 Å². The van der Waals surface area contributed by atoms with Crippen molar-refractivity contribution >= 4 is 28.1 Å². The first-order valence-electron chi connectivity index (χ1n) is 13.0. The van der Waals surface area contributed by atoms with Crippen LogP contribution in [0.3, 0.4) is 0 Å². The summed E-state index contributed by atoms with van der Waals surface area (Å²) in [6, 6.07) is 25.2. The lowest BCUT2D eigenvalue weighted by Gasteiger charge is -2.37. The van der Waals surface area contributed by atoms with Crippen molar-refractivity contribution in [2.24, 2.45) is 5.92 Å². The summed E-state index contributed by atoms with van der Waals surface area (Å²) in [4.78, 5) is 14.0. The highest BCUT2D eigenvalue weighted by Gasteiger charge is 2.27. The third-order valence-corrected chi connectivity index (χ3v) is 7.67. The third-order valence-electron chi connectivity index (χ3n) is 7.67. The van der Waals surface area contributed by atoms with E-state index < -0.39 is 5.97 Å². The van der Waals surface area contributed by atoms with E-state index in [9.17, 15) is 14.3 Å². The van der Waals surface area contributed by atoms with E-state index in [4.69, 9.17) is 0 Å². The van der Waals surface area contributed by atoms with Crippen LogP contribution in [-0.4, -0.2) is 24.2 Å². The second-order valence-electron chi connectivity index (χ2n) is 10.1. The van der Waals surface area contributed by atoms with Crippen molar-refractivity contribution in [2.45, 2.75) is 39.2 Å². The van der Waals surface area contributed by atoms with Gasteiger partial charge in [-0.25, -0.2) is 9.18 Å². The van der Waals surface area contributed by atoms with E-state index in [1.54, 1.807) is 12.1 Å². The van der Waals surface area contributed by atoms with Crippen LogP contribution in [0.4, 0.5) is 15.8 Å². The van der Waals surface area contributed by atoms with Crippen molar-refractivity contribution in [1.82, 2.24) is 5.32 Å². The van der Waals surface area contributed by atoms with E-state index in [2.05, 4.69) is 35.3 Å². The molecule has 1 heterocycles. The van der Waals surface area contributed by atoms with Gasteiger partial charge in [0, 0.05) is 29.3 Å². The number of carboxylic acid groups (broad SMARTS) is 1. The van der Waals surface area contributed by atoms with Crippen molar-refractivity contribution in [3.63, 3.8) is 0 Å². The Hall–Kier alpha value is -3.70. The standard InChI is InChI=1S/C32H33FN2O2/c1-21-25(32(36)37)13-7-15-30(21)35-20-23(19-24-10-3-6-14-31(24)35)9-8-18-34-22(2)26-16-17-29(33)28-12-5-4-11-27(26)28/h3-7,10-17,22-23,34H,8-9,18-20H2,1-2H3,(H,36,37). The molecule has 1 aliphatic rings. The molecule has 0 fully saturated rings. The fourth-order valence-electron chi connectivity index (χ4n) is 5.73. The van der Waals surface area contributed by atoms with E-state index in [-0.39, 0.29) is 11.9 Å². The average Bonchev–Trinajstić information content (AvgIpc) is 2.91. The molecular formula is C32H33FN2O2. The minimum Gasteiger partial charge on any atom is -0.478 e. The molecule has 5 rings (SSSR count). The predicted molar refractivity (Wildman–Crippen MR) is 148 cm³/mol. The van der Waals surface area contributed by atoms with Crippen molar-refractivity contribution in [3.05, 3.63) is 107 Å². The molecule has 0 aromatic heterocycles. The van der Waals surface area contributed by atoms with Crippen LogP contribution in [0.25, 0.3) is 10.8 Å². The first-order chi connectivity index (χ1) is 17.9. The molecule has 2 unspecified atom stereocenters. The van der Waals surface area contributed by atoms with Crippen LogP contribution >= 0.6 is 0 Å². The predicted octanol–water partition coefficient (Wildman–Crippen LogP) is 7.43. The number of para-hydroxylation sites is 1. The summed E-state index contributed by atoms with van der Waals surface area (Å²) in [6.45, 7) is 5.77. The molecular weight excluding hydrogens is 463 g/mol. The van der Waals surface area contributed by atoms with Gasteiger partial charge < -0.3 is 15.3 Å². The number of rotatable bonds is 8. The number of fused-ring (bicyclic) bond motifs is 2. The summed E-state index contributed by atoms with van der Waals surface area (Å²) < 4.78 is 14.2. The van der Waals surface area contributed by atoms with Gasteiger partial charge in [-0.15, -0.1) is 0 Å². The maximum absolute atomic E-state index is 14.2. The van der Waals surface area contributed by atoms with Gasteiger partial charge in [0.1, 0.15) is 5.82 Å². The van der Waals surface area contributed by atoms with E-state index in [1.165, 1.54) is 11.3 Å². The minimum atomic E-state index is -0.893. The maximum atomic E-state index is 14.2. The number of anilines is 2. The highest BCUT2D eigenvalue weighted by molar-refractivity contribution is 5.92. The van der Waals surface area contributed by atoms with Crippen molar-refractivity contribution in [3.8, 4) is 0 Å². The Morgan fingerprint density at radius 3 is 2.54 bits per heavy atom. The summed E-state index contributed by atoms with van der Waals surface area (Å²) in [5, 5.41) is 14.9. The first-order valence-corrected chi connectivity index (χ1v) is 13.0. The Labute approximate surface area is 217 Å². The smallest absolute Gasteiger partial charge is 0.336 e. The van der Waals surface area contributed by atoms with E-state index in [1.807, 2.05) is 55.5 Å². The second-order valence-corrected chi connectivity index (χ2v) is 10.1. The molecule has 5 heteroatoms. The number of carboxylic acids is 1. The fraction of sp³-hybridized carbons (Fsp3) is 0.281. The number of benzene rings is 4. The normalized spacial score (nSPS) is 16.0. The lowest BCUT2D eigenvalue weighted by Crippen LogP contribution is -2.33. The molecule has 0 saturated carbocycles. The van der Waals surface area contributed by atoms with E-state index in [0.717, 1.165) is 54.6 Å². The molecule has 0 amide bonds. The van der Waals surface area contributed by atoms with Gasteiger partial charge in [0.2, 0.25) is 0 Å². The zero-order valence-corrected chi connectivity index (χ0v) is 21.4. The lowest BCUT2D eigenvalue weighted by atomic mass is 9.88. The Bertz CT molecular complexity index is 1430. The van der Waals surface area contributed by atoms with Crippen molar-refractivity contribution < 1.29 is 14.3 Å². The highest BCUT2D eigenvalue weighted by atomic mass is 19.1. The number of nitrogens with one attached hydrogen (secondary N) is 1. The average molecular weight is 497 g/mol. The maximum Gasteiger partial charge on any atom is 0.336 e. The number of halogens is 1. The molecule has 0 saturated heterocycles. The number of aromatic carboxylic acids is 1.